The topological polar surface area (TPSA) is 6.48 Å². The number of hydrogen-bond donors (Lipinski definition) is 0. The second-order valence-electron chi connectivity index (χ2n) is 9.16. The van der Waals surface area contributed by atoms with Gasteiger partial charge < -0.3 is 9.80 Å². The van der Waals surface area contributed by atoms with E-state index < -0.39 is 0 Å². The van der Waals surface area contributed by atoms with E-state index in [1.807, 2.05) is 0 Å². The molecule has 0 radical (unpaired) electrons. The van der Waals surface area contributed by atoms with Crippen LogP contribution >= 0.6 is 0 Å². The summed E-state index contributed by atoms with van der Waals surface area (Å²) >= 11 is 0. The van der Waals surface area contributed by atoms with Crippen LogP contribution in [0.3, 0.4) is 0 Å². The van der Waals surface area contributed by atoms with Crippen molar-refractivity contribution in [3.8, 4) is 11.1 Å². The SMILES string of the molecule is CC1=CC=C2c3cc(-c4ccccc4)ccc3[C@H](CN3C=CC=CC3c3ccccc3)N2C1. The van der Waals surface area contributed by atoms with E-state index in [-0.39, 0.29) is 6.04 Å². The highest BCUT2D eigenvalue weighted by atomic mass is 15.3. The van der Waals surface area contributed by atoms with E-state index >= 15 is 0 Å². The van der Waals surface area contributed by atoms with Gasteiger partial charge in [-0.05, 0) is 47.4 Å². The third-order valence-corrected chi connectivity index (χ3v) is 6.99. The van der Waals surface area contributed by atoms with Crippen LogP contribution in [0, 0.1) is 0 Å². The van der Waals surface area contributed by atoms with E-state index in [1.165, 1.54) is 39.1 Å². The quantitative estimate of drug-likeness (QED) is 0.436. The molecular formula is C31H28N2. The molecule has 0 N–H and O–H groups in total. The van der Waals surface area contributed by atoms with Gasteiger partial charge in [-0.25, -0.2) is 0 Å². The van der Waals surface area contributed by atoms with Gasteiger partial charge >= 0.3 is 0 Å². The highest BCUT2D eigenvalue weighted by molar-refractivity contribution is 5.79. The van der Waals surface area contributed by atoms with Gasteiger partial charge in [0, 0.05) is 30.5 Å². The summed E-state index contributed by atoms with van der Waals surface area (Å²) in [5.41, 5.74) is 9.45. The van der Waals surface area contributed by atoms with Crippen molar-refractivity contribution in [3.05, 3.63) is 138 Å². The van der Waals surface area contributed by atoms with Crippen molar-refractivity contribution < 1.29 is 0 Å². The highest BCUT2D eigenvalue weighted by Crippen LogP contribution is 2.46. The maximum absolute atomic E-state index is 2.60. The molecule has 0 aromatic heterocycles. The predicted molar refractivity (Wildman–Crippen MR) is 137 cm³/mol. The first-order valence-electron chi connectivity index (χ1n) is 11.8. The summed E-state index contributed by atoms with van der Waals surface area (Å²) in [6.45, 7) is 4.16. The van der Waals surface area contributed by atoms with E-state index in [0.717, 1.165) is 13.1 Å². The summed E-state index contributed by atoms with van der Waals surface area (Å²) in [5.74, 6) is 0. The molecule has 0 fully saturated rings. The molecule has 3 aromatic rings. The fraction of sp³-hybridized carbons (Fsp3) is 0.161. The third kappa shape index (κ3) is 3.62. The summed E-state index contributed by atoms with van der Waals surface area (Å²) in [5, 5.41) is 0. The number of allylic oxidation sites excluding steroid dienone is 4. The number of nitrogens with zero attached hydrogens (tertiary/aromatic N) is 2. The third-order valence-electron chi connectivity index (χ3n) is 6.99. The molecule has 162 valence electrons. The molecule has 2 atom stereocenters. The highest BCUT2D eigenvalue weighted by Gasteiger charge is 2.36. The van der Waals surface area contributed by atoms with Crippen LogP contribution in [-0.2, 0) is 0 Å². The Kier molecular flexibility index (Phi) is 4.99. The van der Waals surface area contributed by atoms with Crippen LogP contribution in [0.1, 0.15) is 35.7 Å². The molecule has 0 saturated carbocycles. The van der Waals surface area contributed by atoms with Gasteiger partial charge in [-0.15, -0.1) is 0 Å². The van der Waals surface area contributed by atoms with Gasteiger partial charge in [0.2, 0.25) is 0 Å². The van der Waals surface area contributed by atoms with Crippen LogP contribution in [0.2, 0.25) is 0 Å². The molecule has 2 nitrogen and oxygen atoms in total. The lowest BCUT2D eigenvalue weighted by Crippen LogP contribution is -2.35. The van der Waals surface area contributed by atoms with Gasteiger partial charge in [0.1, 0.15) is 0 Å². The van der Waals surface area contributed by atoms with E-state index in [2.05, 4.69) is 132 Å². The molecule has 2 heteroatoms. The smallest absolute Gasteiger partial charge is 0.0728 e. The molecule has 6 rings (SSSR count). The molecular weight excluding hydrogens is 400 g/mol. The fourth-order valence-electron chi connectivity index (χ4n) is 5.35. The Morgan fingerprint density at radius 2 is 1.61 bits per heavy atom. The summed E-state index contributed by atoms with van der Waals surface area (Å²) in [7, 11) is 0. The monoisotopic (exact) mass is 428 g/mol. The second kappa shape index (κ2) is 8.29. The largest absolute Gasteiger partial charge is 0.365 e. The number of fused-ring (bicyclic) bond motifs is 3. The molecule has 0 bridgehead atoms. The van der Waals surface area contributed by atoms with Crippen molar-refractivity contribution in [2.24, 2.45) is 0 Å². The van der Waals surface area contributed by atoms with Crippen LogP contribution < -0.4 is 0 Å². The van der Waals surface area contributed by atoms with Crippen LogP contribution in [-0.4, -0.2) is 22.9 Å². The molecule has 33 heavy (non-hydrogen) atoms. The first-order chi connectivity index (χ1) is 16.3. The molecule has 0 amide bonds. The second-order valence-corrected chi connectivity index (χ2v) is 9.16. The number of hydrogen-bond acceptors (Lipinski definition) is 2. The Bertz CT molecular complexity index is 1280. The molecule has 3 aliphatic heterocycles. The van der Waals surface area contributed by atoms with E-state index in [0.29, 0.717) is 6.04 Å². The Labute approximate surface area is 196 Å². The van der Waals surface area contributed by atoms with E-state index in [1.54, 1.807) is 0 Å². The molecule has 0 aliphatic carbocycles. The Hall–Kier alpha value is -3.78. The molecule has 3 heterocycles. The van der Waals surface area contributed by atoms with Gasteiger partial charge in [-0.3, -0.25) is 0 Å². The summed E-state index contributed by atoms with van der Waals surface area (Å²) < 4.78 is 0. The Morgan fingerprint density at radius 3 is 2.42 bits per heavy atom. The molecule has 3 aromatic carbocycles. The van der Waals surface area contributed by atoms with Crippen molar-refractivity contribution in [2.45, 2.75) is 19.0 Å². The lowest BCUT2D eigenvalue weighted by atomic mass is 9.96. The van der Waals surface area contributed by atoms with Gasteiger partial charge in [0.05, 0.1) is 12.1 Å². The summed E-state index contributed by atoms with van der Waals surface area (Å²) in [6, 6.07) is 29.1. The molecule has 0 saturated heterocycles. The van der Waals surface area contributed by atoms with Crippen molar-refractivity contribution in [1.29, 1.82) is 0 Å². The predicted octanol–water partition coefficient (Wildman–Crippen LogP) is 7.14. The minimum absolute atomic E-state index is 0.262. The zero-order valence-corrected chi connectivity index (χ0v) is 18.9. The molecule has 1 unspecified atom stereocenters. The van der Waals surface area contributed by atoms with Crippen LogP contribution in [0.15, 0.2) is 121 Å². The van der Waals surface area contributed by atoms with Crippen LogP contribution in [0.25, 0.3) is 16.8 Å². The maximum atomic E-state index is 2.60. The van der Waals surface area contributed by atoms with Gasteiger partial charge in [-0.1, -0.05) is 96.6 Å². The minimum Gasteiger partial charge on any atom is -0.365 e. The van der Waals surface area contributed by atoms with Crippen molar-refractivity contribution >= 4 is 5.70 Å². The van der Waals surface area contributed by atoms with Gasteiger partial charge in [0.15, 0.2) is 0 Å². The summed E-state index contributed by atoms with van der Waals surface area (Å²) in [6.07, 6.45) is 13.5. The fourth-order valence-corrected chi connectivity index (χ4v) is 5.35. The van der Waals surface area contributed by atoms with Gasteiger partial charge in [0.25, 0.3) is 0 Å². The zero-order valence-electron chi connectivity index (χ0n) is 18.9. The van der Waals surface area contributed by atoms with E-state index in [9.17, 15) is 0 Å². The lowest BCUT2D eigenvalue weighted by Gasteiger charge is -2.37. The average molecular weight is 429 g/mol. The average Bonchev–Trinajstić information content (AvgIpc) is 3.17. The number of benzene rings is 3. The van der Waals surface area contributed by atoms with Crippen molar-refractivity contribution in [2.75, 3.05) is 13.1 Å². The zero-order chi connectivity index (χ0) is 22.2. The first kappa shape index (κ1) is 19.9. The Balaban J connectivity index is 1.38. The summed E-state index contributed by atoms with van der Waals surface area (Å²) in [4.78, 5) is 5.09. The normalized spacial score (nSPS) is 20.9. The van der Waals surface area contributed by atoms with Gasteiger partial charge in [-0.2, -0.15) is 0 Å². The van der Waals surface area contributed by atoms with Crippen LogP contribution in [0.4, 0.5) is 0 Å². The van der Waals surface area contributed by atoms with Crippen LogP contribution in [0.5, 0.6) is 0 Å². The lowest BCUT2D eigenvalue weighted by molar-refractivity contribution is 0.224. The van der Waals surface area contributed by atoms with Crippen molar-refractivity contribution in [1.82, 2.24) is 9.80 Å². The minimum atomic E-state index is 0.262. The standard InChI is InChI=1S/C31H28N2/c1-23-15-18-30-28-20-26(24-10-4-2-5-11-24)16-17-27(28)31(33(30)21-23)22-32-19-9-8-14-29(32)25-12-6-3-7-13-25/h2-20,29,31H,21-22H2,1H3/t29?,31-/m0/s1. The maximum Gasteiger partial charge on any atom is 0.0728 e. The number of rotatable bonds is 4. The first-order valence-corrected chi connectivity index (χ1v) is 11.8. The molecule has 3 aliphatic rings. The molecule has 0 spiro atoms. The van der Waals surface area contributed by atoms with E-state index in [4.69, 9.17) is 0 Å². The van der Waals surface area contributed by atoms with Crippen molar-refractivity contribution in [3.63, 3.8) is 0 Å². The Morgan fingerprint density at radius 1 is 0.818 bits per heavy atom.